The maximum absolute atomic E-state index is 11.7. The van der Waals surface area contributed by atoms with Gasteiger partial charge in [-0.05, 0) is 56.0 Å². The normalized spacial score (nSPS) is 11.9. The molecule has 0 aliphatic heterocycles. The fourth-order valence-electron chi connectivity index (χ4n) is 2.09. The van der Waals surface area contributed by atoms with E-state index in [0.717, 1.165) is 5.69 Å². The standard InChI is InChI=1S/C16H19NO2S/c1-4-19-16(18)13-6-5-7-14(10-13)17-12(3)15-11(2)8-9-20-15/h5-10,12,17H,4H2,1-3H3. The monoisotopic (exact) mass is 289 g/mol. The van der Waals surface area contributed by atoms with Gasteiger partial charge in [-0.1, -0.05) is 6.07 Å². The quantitative estimate of drug-likeness (QED) is 0.829. The third-order valence-electron chi connectivity index (χ3n) is 3.05. The lowest BCUT2D eigenvalue weighted by Crippen LogP contribution is -2.08. The molecule has 20 heavy (non-hydrogen) atoms. The van der Waals surface area contributed by atoms with Crippen molar-refractivity contribution in [3.05, 3.63) is 51.7 Å². The lowest BCUT2D eigenvalue weighted by molar-refractivity contribution is 0.0526. The summed E-state index contributed by atoms with van der Waals surface area (Å²) >= 11 is 1.74. The van der Waals surface area contributed by atoms with Gasteiger partial charge in [0.2, 0.25) is 0 Å². The van der Waals surface area contributed by atoms with E-state index in [4.69, 9.17) is 4.74 Å². The fraction of sp³-hybridized carbons (Fsp3) is 0.312. The van der Waals surface area contributed by atoms with Crippen LogP contribution >= 0.6 is 11.3 Å². The molecule has 0 fully saturated rings. The first kappa shape index (κ1) is 14.6. The van der Waals surface area contributed by atoms with E-state index in [-0.39, 0.29) is 12.0 Å². The van der Waals surface area contributed by atoms with E-state index in [0.29, 0.717) is 12.2 Å². The van der Waals surface area contributed by atoms with Crippen LogP contribution in [0.3, 0.4) is 0 Å². The summed E-state index contributed by atoms with van der Waals surface area (Å²) in [5.74, 6) is -0.281. The van der Waals surface area contributed by atoms with Crippen molar-refractivity contribution < 1.29 is 9.53 Å². The van der Waals surface area contributed by atoms with Crippen molar-refractivity contribution in [3.8, 4) is 0 Å². The van der Waals surface area contributed by atoms with Gasteiger partial charge in [-0.3, -0.25) is 0 Å². The second kappa shape index (κ2) is 6.57. The molecule has 0 amide bonds. The maximum Gasteiger partial charge on any atom is 0.338 e. The van der Waals surface area contributed by atoms with Gasteiger partial charge >= 0.3 is 5.97 Å². The number of aryl methyl sites for hydroxylation is 1. The molecule has 0 saturated carbocycles. The van der Waals surface area contributed by atoms with Gasteiger partial charge in [-0.25, -0.2) is 4.79 Å². The van der Waals surface area contributed by atoms with Crippen LogP contribution in [0.2, 0.25) is 0 Å². The third kappa shape index (κ3) is 3.39. The van der Waals surface area contributed by atoms with E-state index >= 15 is 0 Å². The van der Waals surface area contributed by atoms with E-state index in [2.05, 4.69) is 30.6 Å². The SMILES string of the molecule is CCOC(=O)c1cccc(NC(C)c2sccc2C)c1. The average Bonchev–Trinajstić information content (AvgIpc) is 2.85. The minimum atomic E-state index is -0.281. The first-order valence-electron chi connectivity index (χ1n) is 6.69. The van der Waals surface area contributed by atoms with Gasteiger partial charge in [-0.15, -0.1) is 11.3 Å². The van der Waals surface area contributed by atoms with E-state index in [1.54, 1.807) is 17.4 Å². The highest BCUT2D eigenvalue weighted by molar-refractivity contribution is 7.10. The Morgan fingerprint density at radius 2 is 2.20 bits per heavy atom. The Bertz CT molecular complexity index is 592. The minimum Gasteiger partial charge on any atom is -0.462 e. The number of hydrogen-bond acceptors (Lipinski definition) is 4. The Balaban J connectivity index is 2.12. The van der Waals surface area contributed by atoms with Crippen LogP contribution in [0.4, 0.5) is 5.69 Å². The van der Waals surface area contributed by atoms with Crippen molar-refractivity contribution in [2.75, 3.05) is 11.9 Å². The van der Waals surface area contributed by atoms with Crippen molar-refractivity contribution in [3.63, 3.8) is 0 Å². The van der Waals surface area contributed by atoms with Crippen LogP contribution in [-0.2, 0) is 4.74 Å². The number of benzene rings is 1. The zero-order chi connectivity index (χ0) is 14.5. The number of carbonyl (C=O) groups is 1. The summed E-state index contributed by atoms with van der Waals surface area (Å²) in [5.41, 5.74) is 2.79. The number of esters is 1. The summed E-state index contributed by atoms with van der Waals surface area (Å²) in [6, 6.07) is 9.76. The van der Waals surface area contributed by atoms with Gasteiger partial charge in [0.05, 0.1) is 18.2 Å². The van der Waals surface area contributed by atoms with Crippen molar-refractivity contribution in [2.45, 2.75) is 26.8 Å². The lowest BCUT2D eigenvalue weighted by Gasteiger charge is -2.15. The molecule has 1 atom stereocenters. The highest BCUT2D eigenvalue weighted by Crippen LogP contribution is 2.27. The second-order valence-electron chi connectivity index (χ2n) is 4.64. The highest BCUT2D eigenvalue weighted by Gasteiger charge is 2.11. The van der Waals surface area contributed by atoms with Crippen molar-refractivity contribution in [1.29, 1.82) is 0 Å². The van der Waals surface area contributed by atoms with E-state index in [1.165, 1.54) is 10.4 Å². The highest BCUT2D eigenvalue weighted by atomic mass is 32.1. The first-order chi connectivity index (χ1) is 9.61. The van der Waals surface area contributed by atoms with Gasteiger partial charge in [0.1, 0.15) is 0 Å². The van der Waals surface area contributed by atoms with Crippen LogP contribution < -0.4 is 5.32 Å². The van der Waals surface area contributed by atoms with Crippen LogP contribution in [0.25, 0.3) is 0 Å². The third-order valence-corrected chi connectivity index (χ3v) is 4.25. The maximum atomic E-state index is 11.7. The van der Waals surface area contributed by atoms with Crippen molar-refractivity contribution in [1.82, 2.24) is 0 Å². The van der Waals surface area contributed by atoms with E-state index in [9.17, 15) is 4.79 Å². The van der Waals surface area contributed by atoms with Gasteiger partial charge in [-0.2, -0.15) is 0 Å². The molecule has 1 heterocycles. The van der Waals surface area contributed by atoms with Crippen LogP contribution in [0.5, 0.6) is 0 Å². The Morgan fingerprint density at radius 1 is 1.40 bits per heavy atom. The molecule has 0 spiro atoms. The summed E-state index contributed by atoms with van der Waals surface area (Å²) in [5, 5.41) is 5.52. The number of carbonyl (C=O) groups excluding carboxylic acids is 1. The van der Waals surface area contributed by atoms with Gasteiger partial charge in [0.25, 0.3) is 0 Å². The number of thiophene rings is 1. The number of nitrogens with one attached hydrogen (secondary N) is 1. The average molecular weight is 289 g/mol. The first-order valence-corrected chi connectivity index (χ1v) is 7.57. The van der Waals surface area contributed by atoms with Gasteiger partial charge in [0.15, 0.2) is 0 Å². The zero-order valence-electron chi connectivity index (χ0n) is 12.0. The minimum absolute atomic E-state index is 0.215. The Labute approximate surface area is 123 Å². The van der Waals surface area contributed by atoms with Crippen LogP contribution in [0.1, 0.15) is 40.7 Å². The number of rotatable bonds is 5. The summed E-state index contributed by atoms with van der Waals surface area (Å²) < 4.78 is 5.01. The molecular formula is C16H19NO2S. The molecule has 4 heteroatoms. The second-order valence-corrected chi connectivity index (χ2v) is 5.58. The van der Waals surface area contributed by atoms with Crippen molar-refractivity contribution >= 4 is 23.0 Å². The fourth-order valence-corrected chi connectivity index (χ4v) is 3.03. The Kier molecular flexibility index (Phi) is 4.79. The largest absolute Gasteiger partial charge is 0.462 e. The lowest BCUT2D eigenvalue weighted by atomic mass is 10.1. The molecular weight excluding hydrogens is 270 g/mol. The molecule has 1 unspecified atom stereocenters. The smallest absolute Gasteiger partial charge is 0.338 e. The Morgan fingerprint density at radius 3 is 2.85 bits per heavy atom. The number of ether oxygens (including phenoxy) is 1. The topological polar surface area (TPSA) is 38.3 Å². The van der Waals surface area contributed by atoms with Crippen molar-refractivity contribution in [2.24, 2.45) is 0 Å². The molecule has 1 aromatic carbocycles. The molecule has 0 aliphatic rings. The predicted octanol–water partition coefficient (Wildman–Crippen LogP) is 4.41. The van der Waals surface area contributed by atoms with Crippen LogP contribution in [0.15, 0.2) is 35.7 Å². The predicted molar refractivity (Wildman–Crippen MR) is 83.5 cm³/mol. The molecule has 0 aliphatic carbocycles. The molecule has 2 rings (SSSR count). The zero-order valence-corrected chi connectivity index (χ0v) is 12.8. The van der Waals surface area contributed by atoms with E-state index in [1.807, 2.05) is 25.1 Å². The molecule has 0 bridgehead atoms. The summed E-state index contributed by atoms with van der Waals surface area (Å²) in [7, 11) is 0. The molecule has 0 radical (unpaired) electrons. The number of anilines is 1. The van der Waals surface area contributed by atoms with Crippen LogP contribution in [0, 0.1) is 6.92 Å². The van der Waals surface area contributed by atoms with Crippen LogP contribution in [-0.4, -0.2) is 12.6 Å². The van der Waals surface area contributed by atoms with Gasteiger partial charge < -0.3 is 10.1 Å². The molecule has 1 N–H and O–H groups in total. The van der Waals surface area contributed by atoms with E-state index < -0.39 is 0 Å². The number of hydrogen-bond donors (Lipinski definition) is 1. The Hall–Kier alpha value is -1.81. The molecule has 0 saturated heterocycles. The summed E-state index contributed by atoms with van der Waals surface area (Å²) in [6.07, 6.45) is 0. The molecule has 1 aromatic heterocycles. The molecule has 106 valence electrons. The summed E-state index contributed by atoms with van der Waals surface area (Å²) in [4.78, 5) is 13.0. The molecule has 2 aromatic rings. The summed E-state index contributed by atoms with van der Waals surface area (Å²) in [6.45, 7) is 6.43. The van der Waals surface area contributed by atoms with Gasteiger partial charge in [0, 0.05) is 10.6 Å². The molecule has 3 nitrogen and oxygen atoms in total.